The Hall–Kier alpha value is -2.74. The van der Waals surface area contributed by atoms with E-state index in [9.17, 15) is 8.78 Å². The molecule has 0 aliphatic carbocycles. The summed E-state index contributed by atoms with van der Waals surface area (Å²) in [7, 11) is 1.37. The number of anilines is 1. The zero-order chi connectivity index (χ0) is 18.2. The molecular weight excluding hydrogens is 348 g/mol. The highest BCUT2D eigenvalue weighted by atomic mass is 32.1. The molecule has 8 heteroatoms. The molecule has 0 amide bonds. The van der Waals surface area contributed by atoms with Crippen LogP contribution in [-0.2, 0) is 0 Å². The Morgan fingerprint density at radius 1 is 1.20 bits per heavy atom. The van der Waals surface area contributed by atoms with E-state index >= 15 is 0 Å². The first-order valence-electron chi connectivity index (χ1n) is 7.28. The lowest BCUT2D eigenvalue weighted by Gasteiger charge is -2.12. The predicted octanol–water partition coefficient (Wildman–Crippen LogP) is 3.93. The fourth-order valence-corrected chi connectivity index (χ4v) is 2.20. The molecule has 132 valence electrons. The summed E-state index contributed by atoms with van der Waals surface area (Å²) in [6.45, 7) is -1.03. The molecule has 0 fully saturated rings. The minimum atomic E-state index is -2.97. The first kappa shape index (κ1) is 18.6. The van der Waals surface area contributed by atoms with Crippen molar-refractivity contribution in [1.29, 1.82) is 0 Å². The molecule has 0 aliphatic rings. The third-order valence-corrected chi connectivity index (χ3v) is 3.39. The van der Waals surface area contributed by atoms with Crippen LogP contribution in [0.3, 0.4) is 0 Å². The highest BCUT2D eigenvalue weighted by Crippen LogP contribution is 2.31. The fourth-order valence-electron chi connectivity index (χ4n) is 2.03. The van der Waals surface area contributed by atoms with Gasteiger partial charge in [-0.2, -0.15) is 13.9 Å². The largest absolute Gasteiger partial charge is 0.493 e. The third kappa shape index (κ3) is 5.39. The summed E-state index contributed by atoms with van der Waals surface area (Å²) in [5.41, 5.74) is 4.83. The van der Waals surface area contributed by atoms with Gasteiger partial charge in [0, 0.05) is 11.3 Å². The summed E-state index contributed by atoms with van der Waals surface area (Å²) in [6, 6.07) is 12.4. The number of benzene rings is 2. The lowest BCUT2D eigenvalue weighted by molar-refractivity contribution is -0.0513. The van der Waals surface area contributed by atoms with Crippen LogP contribution in [0.15, 0.2) is 47.6 Å². The molecule has 0 unspecified atom stereocenters. The van der Waals surface area contributed by atoms with E-state index in [1.165, 1.54) is 19.4 Å². The lowest BCUT2D eigenvalue weighted by atomic mass is 10.2. The highest BCUT2D eigenvalue weighted by molar-refractivity contribution is 7.80. The molecule has 0 atom stereocenters. The number of para-hydroxylation sites is 2. The number of nitrogens with one attached hydrogen (secondary N) is 2. The molecule has 0 saturated heterocycles. The number of halogens is 2. The first-order chi connectivity index (χ1) is 12.0. The predicted molar refractivity (Wildman–Crippen MR) is 97.8 cm³/mol. The van der Waals surface area contributed by atoms with Crippen LogP contribution in [0.25, 0.3) is 0 Å². The second kappa shape index (κ2) is 8.93. The Kier molecular flexibility index (Phi) is 6.64. The summed E-state index contributed by atoms with van der Waals surface area (Å²) < 4.78 is 34.7. The van der Waals surface area contributed by atoms with Gasteiger partial charge in [-0.15, -0.1) is 0 Å². The molecular formula is C17H17F2N3O2S. The average molecular weight is 365 g/mol. The minimum absolute atomic E-state index is 0.0941. The normalized spacial score (nSPS) is 10.8. The van der Waals surface area contributed by atoms with E-state index in [-0.39, 0.29) is 16.6 Å². The Morgan fingerprint density at radius 3 is 2.64 bits per heavy atom. The second-order valence-electron chi connectivity index (χ2n) is 4.90. The van der Waals surface area contributed by atoms with Crippen LogP contribution in [0.4, 0.5) is 14.5 Å². The van der Waals surface area contributed by atoms with E-state index in [0.29, 0.717) is 5.56 Å². The molecule has 2 aromatic rings. The number of alkyl halides is 2. The molecule has 25 heavy (non-hydrogen) atoms. The summed E-state index contributed by atoms with van der Waals surface area (Å²) in [5, 5.41) is 7.22. The quantitative estimate of drug-likeness (QED) is 0.462. The van der Waals surface area contributed by atoms with Crippen molar-refractivity contribution in [1.82, 2.24) is 5.43 Å². The van der Waals surface area contributed by atoms with Crippen molar-refractivity contribution in [3.8, 4) is 11.5 Å². The standard InChI is InChI=1S/C17H17F2N3O2S/c1-11-6-3-4-8-13(11)21-17(25)22-20-10-12-7-5-9-14(23-2)15(12)24-16(18)19/h3-10,16H,1-2H3,(H2,21,22,25)/b20-10-. The lowest BCUT2D eigenvalue weighted by Crippen LogP contribution is -2.24. The molecule has 5 nitrogen and oxygen atoms in total. The van der Waals surface area contributed by atoms with Gasteiger partial charge < -0.3 is 14.8 Å². The molecule has 0 aromatic heterocycles. The summed E-state index contributed by atoms with van der Waals surface area (Å²) in [4.78, 5) is 0. The smallest absolute Gasteiger partial charge is 0.387 e. The van der Waals surface area contributed by atoms with Crippen molar-refractivity contribution in [2.45, 2.75) is 13.5 Å². The number of ether oxygens (including phenoxy) is 2. The Balaban J connectivity index is 2.06. The first-order valence-corrected chi connectivity index (χ1v) is 7.69. The number of rotatable bonds is 6. The molecule has 0 spiro atoms. The average Bonchev–Trinajstić information content (AvgIpc) is 2.58. The van der Waals surface area contributed by atoms with E-state index in [2.05, 4.69) is 20.6 Å². The SMILES string of the molecule is COc1cccc(/C=N\NC(=S)Nc2ccccc2C)c1OC(F)F. The van der Waals surface area contributed by atoms with Crippen LogP contribution in [-0.4, -0.2) is 25.0 Å². The third-order valence-electron chi connectivity index (χ3n) is 3.20. The minimum Gasteiger partial charge on any atom is -0.493 e. The van der Waals surface area contributed by atoms with Gasteiger partial charge in [0.15, 0.2) is 16.6 Å². The molecule has 0 bridgehead atoms. The number of aryl methyl sites for hydroxylation is 1. The number of methoxy groups -OCH3 is 1. The maximum atomic E-state index is 12.6. The van der Waals surface area contributed by atoms with Crippen LogP contribution >= 0.6 is 12.2 Å². The van der Waals surface area contributed by atoms with E-state index in [1.807, 2.05) is 31.2 Å². The number of thiocarbonyl (C=S) groups is 1. The van der Waals surface area contributed by atoms with E-state index in [1.54, 1.807) is 12.1 Å². The van der Waals surface area contributed by atoms with Crippen molar-refractivity contribution < 1.29 is 18.3 Å². The van der Waals surface area contributed by atoms with Crippen molar-refractivity contribution in [2.75, 3.05) is 12.4 Å². The second-order valence-corrected chi connectivity index (χ2v) is 5.30. The van der Waals surface area contributed by atoms with Gasteiger partial charge in [0.1, 0.15) is 0 Å². The molecule has 0 radical (unpaired) electrons. The molecule has 2 N–H and O–H groups in total. The van der Waals surface area contributed by atoms with E-state index in [0.717, 1.165) is 11.3 Å². The molecule has 0 heterocycles. The Bertz CT molecular complexity index is 769. The van der Waals surface area contributed by atoms with Gasteiger partial charge in [-0.3, -0.25) is 5.43 Å². The van der Waals surface area contributed by atoms with Crippen LogP contribution < -0.4 is 20.2 Å². The van der Waals surface area contributed by atoms with E-state index < -0.39 is 6.61 Å². The molecule has 0 saturated carbocycles. The molecule has 0 aliphatic heterocycles. The topological polar surface area (TPSA) is 54.9 Å². The van der Waals surface area contributed by atoms with Crippen molar-refractivity contribution >= 4 is 29.2 Å². The van der Waals surface area contributed by atoms with Crippen LogP contribution in [0.2, 0.25) is 0 Å². The van der Waals surface area contributed by atoms with Gasteiger partial charge in [-0.05, 0) is 42.9 Å². The monoisotopic (exact) mass is 365 g/mol. The van der Waals surface area contributed by atoms with Gasteiger partial charge in [-0.25, -0.2) is 0 Å². The molecule has 2 aromatic carbocycles. The van der Waals surface area contributed by atoms with Gasteiger partial charge in [0.25, 0.3) is 0 Å². The van der Waals surface area contributed by atoms with Crippen molar-refractivity contribution in [3.05, 3.63) is 53.6 Å². The van der Waals surface area contributed by atoms with Gasteiger partial charge in [0.2, 0.25) is 0 Å². The number of nitrogens with zero attached hydrogens (tertiary/aromatic N) is 1. The maximum absolute atomic E-state index is 12.6. The van der Waals surface area contributed by atoms with Crippen LogP contribution in [0.5, 0.6) is 11.5 Å². The Morgan fingerprint density at radius 2 is 1.96 bits per heavy atom. The zero-order valence-electron chi connectivity index (χ0n) is 13.6. The van der Waals surface area contributed by atoms with Gasteiger partial charge in [0.05, 0.1) is 13.3 Å². The van der Waals surface area contributed by atoms with Crippen LogP contribution in [0.1, 0.15) is 11.1 Å². The zero-order valence-corrected chi connectivity index (χ0v) is 14.4. The highest BCUT2D eigenvalue weighted by Gasteiger charge is 2.14. The fraction of sp³-hybridized carbons (Fsp3) is 0.176. The summed E-state index contributed by atoms with van der Waals surface area (Å²) in [5.74, 6) is 0.0909. The van der Waals surface area contributed by atoms with Gasteiger partial charge in [-0.1, -0.05) is 24.3 Å². The number of hydrogen-bond donors (Lipinski definition) is 2. The Labute approximate surface area is 149 Å². The molecule has 2 rings (SSSR count). The number of hydrazone groups is 1. The summed E-state index contributed by atoms with van der Waals surface area (Å²) >= 11 is 5.15. The maximum Gasteiger partial charge on any atom is 0.387 e. The summed E-state index contributed by atoms with van der Waals surface area (Å²) in [6.07, 6.45) is 1.33. The van der Waals surface area contributed by atoms with E-state index in [4.69, 9.17) is 17.0 Å². The van der Waals surface area contributed by atoms with Crippen LogP contribution in [0, 0.1) is 6.92 Å². The number of hydrogen-bond acceptors (Lipinski definition) is 4. The van der Waals surface area contributed by atoms with Gasteiger partial charge >= 0.3 is 6.61 Å². The van der Waals surface area contributed by atoms with Crippen molar-refractivity contribution in [3.63, 3.8) is 0 Å². The van der Waals surface area contributed by atoms with Crippen molar-refractivity contribution in [2.24, 2.45) is 5.10 Å².